The maximum Gasteiger partial charge on any atom is 0.339 e. The van der Waals surface area contributed by atoms with Crippen LogP contribution in [0.1, 0.15) is 49.4 Å². The maximum absolute atomic E-state index is 12.0. The van der Waals surface area contributed by atoms with Crippen LogP contribution >= 0.6 is 23.2 Å². The molecule has 1 aromatic rings. The normalized spacial score (nSPS) is 16.0. The van der Waals surface area contributed by atoms with E-state index in [9.17, 15) is 14.4 Å². The van der Waals surface area contributed by atoms with E-state index in [1.54, 1.807) is 0 Å². The van der Waals surface area contributed by atoms with Gasteiger partial charge in [-0.2, -0.15) is 0 Å². The van der Waals surface area contributed by atoms with Gasteiger partial charge in [0.25, 0.3) is 5.91 Å². The second kappa shape index (κ2) is 9.06. The summed E-state index contributed by atoms with van der Waals surface area (Å²) in [6.45, 7) is 1.38. The van der Waals surface area contributed by atoms with E-state index in [0.29, 0.717) is 0 Å². The molecular formula is C17H20Cl2N2O4. The fraction of sp³-hybridized carbons (Fsp3) is 0.471. The van der Waals surface area contributed by atoms with Gasteiger partial charge in [-0.05, 0) is 38.0 Å². The molecule has 3 amide bonds. The number of imide groups is 1. The standard InChI is InChI=1S/C17H20Cl2N2O4/c1-10(25-16(23)11-7-12(18)9-13(19)8-11)15(22)21-17(24)20-14-5-3-2-4-6-14/h7-10,14H,2-6H2,1H3,(H2,20,21,22,24)/t10-/m0/s1. The van der Waals surface area contributed by atoms with Gasteiger partial charge in [0.15, 0.2) is 6.10 Å². The van der Waals surface area contributed by atoms with E-state index >= 15 is 0 Å². The Morgan fingerprint density at radius 3 is 2.28 bits per heavy atom. The number of esters is 1. The summed E-state index contributed by atoms with van der Waals surface area (Å²) in [7, 11) is 0. The molecule has 0 heterocycles. The summed E-state index contributed by atoms with van der Waals surface area (Å²) in [6, 6.07) is 3.75. The number of ether oxygens (including phenoxy) is 1. The van der Waals surface area contributed by atoms with Gasteiger partial charge in [0.1, 0.15) is 0 Å². The fourth-order valence-electron chi connectivity index (χ4n) is 2.64. The van der Waals surface area contributed by atoms with E-state index in [1.165, 1.54) is 31.5 Å². The highest BCUT2D eigenvalue weighted by molar-refractivity contribution is 6.35. The van der Waals surface area contributed by atoms with Crippen LogP contribution < -0.4 is 10.6 Å². The number of rotatable bonds is 4. The monoisotopic (exact) mass is 386 g/mol. The summed E-state index contributed by atoms with van der Waals surface area (Å²) in [5, 5.41) is 5.51. The van der Waals surface area contributed by atoms with Gasteiger partial charge < -0.3 is 10.1 Å². The molecule has 1 atom stereocenters. The van der Waals surface area contributed by atoms with Crippen LogP contribution in [0.3, 0.4) is 0 Å². The Morgan fingerprint density at radius 2 is 1.68 bits per heavy atom. The first-order valence-electron chi connectivity index (χ1n) is 8.13. The van der Waals surface area contributed by atoms with Crippen molar-refractivity contribution >= 4 is 41.1 Å². The molecule has 2 rings (SSSR count). The highest BCUT2D eigenvalue weighted by atomic mass is 35.5. The first kappa shape index (κ1) is 19.5. The molecule has 0 aromatic heterocycles. The van der Waals surface area contributed by atoms with E-state index in [2.05, 4.69) is 10.6 Å². The Hall–Kier alpha value is -1.79. The minimum absolute atomic E-state index is 0.0769. The fourth-order valence-corrected chi connectivity index (χ4v) is 3.16. The van der Waals surface area contributed by atoms with Gasteiger partial charge in [0, 0.05) is 16.1 Å². The first-order valence-corrected chi connectivity index (χ1v) is 8.89. The van der Waals surface area contributed by atoms with Crippen LogP contribution in [0, 0.1) is 0 Å². The number of nitrogens with one attached hydrogen (secondary N) is 2. The predicted octanol–water partition coefficient (Wildman–Crippen LogP) is 3.70. The highest BCUT2D eigenvalue weighted by Gasteiger charge is 2.23. The maximum atomic E-state index is 12.0. The summed E-state index contributed by atoms with van der Waals surface area (Å²) < 4.78 is 5.05. The average molecular weight is 387 g/mol. The minimum atomic E-state index is -1.14. The third kappa shape index (κ3) is 6.21. The molecule has 1 aromatic carbocycles. The Morgan fingerprint density at radius 1 is 1.08 bits per heavy atom. The van der Waals surface area contributed by atoms with Crippen LogP contribution in [0.5, 0.6) is 0 Å². The molecule has 0 bridgehead atoms. The zero-order valence-electron chi connectivity index (χ0n) is 13.8. The molecule has 0 spiro atoms. The Labute approximate surface area is 156 Å². The molecule has 1 fully saturated rings. The number of carbonyl (C=O) groups is 3. The van der Waals surface area contributed by atoms with Crippen molar-refractivity contribution in [3.8, 4) is 0 Å². The zero-order valence-corrected chi connectivity index (χ0v) is 15.3. The van der Waals surface area contributed by atoms with Gasteiger partial charge in [-0.1, -0.05) is 42.5 Å². The molecular weight excluding hydrogens is 367 g/mol. The van der Waals surface area contributed by atoms with Crippen LogP contribution in [0.2, 0.25) is 10.0 Å². The van der Waals surface area contributed by atoms with Gasteiger partial charge in [0.2, 0.25) is 0 Å². The number of carbonyl (C=O) groups excluding carboxylic acids is 3. The van der Waals surface area contributed by atoms with E-state index in [4.69, 9.17) is 27.9 Å². The van der Waals surface area contributed by atoms with Crippen molar-refractivity contribution in [2.75, 3.05) is 0 Å². The van der Waals surface area contributed by atoms with Gasteiger partial charge in [0.05, 0.1) is 5.56 Å². The summed E-state index contributed by atoms with van der Waals surface area (Å²) in [6.07, 6.45) is 3.97. The number of urea groups is 1. The van der Waals surface area contributed by atoms with Crippen molar-refractivity contribution in [1.82, 2.24) is 10.6 Å². The van der Waals surface area contributed by atoms with E-state index in [0.717, 1.165) is 25.7 Å². The van der Waals surface area contributed by atoms with Crippen molar-refractivity contribution < 1.29 is 19.1 Å². The number of amides is 3. The molecule has 1 saturated carbocycles. The Kier molecular flexibility index (Phi) is 7.08. The number of benzene rings is 1. The molecule has 0 aliphatic heterocycles. The summed E-state index contributed by atoms with van der Waals surface area (Å²) >= 11 is 11.7. The third-order valence-electron chi connectivity index (χ3n) is 3.93. The number of halogens is 2. The minimum Gasteiger partial charge on any atom is -0.449 e. The molecule has 25 heavy (non-hydrogen) atoms. The number of hydrogen-bond acceptors (Lipinski definition) is 4. The van der Waals surface area contributed by atoms with Crippen molar-refractivity contribution in [3.63, 3.8) is 0 Å². The van der Waals surface area contributed by atoms with Gasteiger partial charge in [-0.3, -0.25) is 10.1 Å². The lowest BCUT2D eigenvalue weighted by atomic mass is 9.96. The second-order valence-electron chi connectivity index (χ2n) is 6.00. The predicted molar refractivity (Wildman–Crippen MR) is 94.9 cm³/mol. The van der Waals surface area contributed by atoms with Crippen molar-refractivity contribution in [2.45, 2.75) is 51.2 Å². The smallest absolute Gasteiger partial charge is 0.339 e. The van der Waals surface area contributed by atoms with E-state index < -0.39 is 24.0 Å². The van der Waals surface area contributed by atoms with Gasteiger partial charge in [-0.25, -0.2) is 9.59 Å². The topological polar surface area (TPSA) is 84.5 Å². The van der Waals surface area contributed by atoms with Crippen LogP contribution in [-0.4, -0.2) is 30.1 Å². The van der Waals surface area contributed by atoms with Crippen molar-refractivity contribution in [1.29, 1.82) is 0 Å². The molecule has 0 saturated heterocycles. The molecule has 1 aliphatic carbocycles. The summed E-state index contributed by atoms with van der Waals surface area (Å²) in [5.74, 6) is -1.45. The quantitative estimate of drug-likeness (QED) is 0.772. The lowest BCUT2D eigenvalue weighted by Gasteiger charge is -2.23. The van der Waals surface area contributed by atoms with Crippen molar-refractivity contribution in [2.24, 2.45) is 0 Å². The van der Waals surface area contributed by atoms with Gasteiger partial charge in [-0.15, -0.1) is 0 Å². The first-order chi connectivity index (χ1) is 11.8. The molecule has 1 aliphatic rings. The molecule has 0 unspecified atom stereocenters. The SMILES string of the molecule is C[C@H](OC(=O)c1cc(Cl)cc(Cl)c1)C(=O)NC(=O)NC1CCCCC1. The van der Waals surface area contributed by atoms with Crippen LogP contribution in [-0.2, 0) is 9.53 Å². The van der Waals surface area contributed by atoms with Crippen LogP contribution in [0.25, 0.3) is 0 Å². The lowest BCUT2D eigenvalue weighted by Crippen LogP contribution is -2.48. The lowest BCUT2D eigenvalue weighted by molar-refractivity contribution is -0.127. The van der Waals surface area contributed by atoms with Crippen molar-refractivity contribution in [3.05, 3.63) is 33.8 Å². The molecule has 136 valence electrons. The number of hydrogen-bond donors (Lipinski definition) is 2. The summed E-state index contributed by atoms with van der Waals surface area (Å²) in [4.78, 5) is 35.9. The summed E-state index contributed by atoms with van der Waals surface area (Å²) in [5.41, 5.74) is 0.129. The van der Waals surface area contributed by atoms with Gasteiger partial charge >= 0.3 is 12.0 Å². The average Bonchev–Trinajstić information content (AvgIpc) is 2.54. The highest BCUT2D eigenvalue weighted by Crippen LogP contribution is 2.20. The van der Waals surface area contributed by atoms with Crippen LogP contribution in [0.15, 0.2) is 18.2 Å². The Balaban J connectivity index is 1.84. The molecule has 0 radical (unpaired) electrons. The van der Waals surface area contributed by atoms with E-state index in [1.807, 2.05) is 0 Å². The van der Waals surface area contributed by atoms with E-state index in [-0.39, 0.29) is 21.7 Å². The zero-order chi connectivity index (χ0) is 18.4. The largest absolute Gasteiger partial charge is 0.449 e. The molecule has 2 N–H and O–H groups in total. The Bertz CT molecular complexity index is 640. The third-order valence-corrected chi connectivity index (χ3v) is 4.36. The molecule has 8 heteroatoms. The molecule has 6 nitrogen and oxygen atoms in total. The van der Waals surface area contributed by atoms with Crippen LogP contribution in [0.4, 0.5) is 4.79 Å². The second-order valence-corrected chi connectivity index (χ2v) is 6.88.